The van der Waals surface area contributed by atoms with Crippen LogP contribution in [0.3, 0.4) is 0 Å². The standard InChI is InChI=1S/C21H25ClN2O5/c22-19-8-6-18(7-9-19)21(17-4-2-1-3-5-17)24(28)12-10-23(27,11-13-24)14-15-29-16-20(25)26/h1-9,21H,10-16H2,(H,25,26)/t21-,23?,24?/m1/s1. The molecule has 0 unspecified atom stereocenters. The second kappa shape index (κ2) is 9.21. The molecule has 1 heterocycles. The fraction of sp³-hybridized carbons (Fsp3) is 0.381. The molecule has 0 amide bonds. The molecule has 1 aliphatic rings. The zero-order chi connectivity index (χ0) is 20.9. The van der Waals surface area contributed by atoms with Crippen LogP contribution in [0.5, 0.6) is 0 Å². The number of nitrogens with zero attached hydrogens (tertiary/aromatic N) is 2. The van der Waals surface area contributed by atoms with E-state index in [2.05, 4.69) is 0 Å². The normalized spacial score (nSPS) is 25.5. The van der Waals surface area contributed by atoms with E-state index < -0.39 is 27.9 Å². The Morgan fingerprint density at radius 2 is 1.59 bits per heavy atom. The van der Waals surface area contributed by atoms with Gasteiger partial charge in [-0.2, -0.15) is 0 Å². The molecule has 2 aromatic carbocycles. The molecular weight excluding hydrogens is 396 g/mol. The molecule has 156 valence electrons. The average Bonchev–Trinajstić information content (AvgIpc) is 2.71. The number of ether oxygens (including phenoxy) is 1. The number of carboxylic acid groups (broad SMARTS) is 1. The van der Waals surface area contributed by atoms with Gasteiger partial charge >= 0.3 is 5.97 Å². The molecule has 1 saturated heterocycles. The quantitative estimate of drug-likeness (QED) is 0.402. The highest BCUT2D eigenvalue weighted by atomic mass is 35.5. The lowest BCUT2D eigenvalue weighted by atomic mass is 9.95. The van der Waals surface area contributed by atoms with E-state index in [1.54, 1.807) is 12.1 Å². The van der Waals surface area contributed by atoms with Crippen LogP contribution in [-0.2, 0) is 9.53 Å². The molecule has 1 atom stereocenters. The third-order valence-electron chi connectivity index (χ3n) is 5.41. The number of hydroxylamine groups is 6. The Balaban J connectivity index is 1.75. The van der Waals surface area contributed by atoms with Crippen molar-refractivity contribution in [3.8, 4) is 0 Å². The minimum absolute atomic E-state index is 0.0634. The molecule has 0 aromatic heterocycles. The fourth-order valence-corrected chi connectivity index (χ4v) is 3.94. The number of piperazine rings is 1. The molecule has 29 heavy (non-hydrogen) atoms. The minimum atomic E-state index is -1.06. The summed E-state index contributed by atoms with van der Waals surface area (Å²) in [6.45, 7) is 0.454. The maximum Gasteiger partial charge on any atom is 0.329 e. The molecule has 1 N–H and O–H groups in total. The van der Waals surface area contributed by atoms with E-state index in [0.717, 1.165) is 11.1 Å². The third-order valence-corrected chi connectivity index (χ3v) is 5.66. The highest BCUT2D eigenvalue weighted by Crippen LogP contribution is 2.37. The van der Waals surface area contributed by atoms with Crippen LogP contribution in [0.15, 0.2) is 54.6 Å². The van der Waals surface area contributed by atoms with E-state index in [1.807, 2.05) is 42.5 Å². The van der Waals surface area contributed by atoms with Gasteiger partial charge in [0.1, 0.15) is 45.4 Å². The predicted octanol–water partition coefficient (Wildman–Crippen LogP) is 3.17. The molecule has 7 nitrogen and oxygen atoms in total. The van der Waals surface area contributed by atoms with Crippen molar-refractivity contribution < 1.29 is 23.9 Å². The summed E-state index contributed by atoms with van der Waals surface area (Å²) in [6.07, 6.45) is 0. The van der Waals surface area contributed by atoms with Gasteiger partial charge in [-0.3, -0.25) is 0 Å². The number of aliphatic carboxylic acids is 1. The Morgan fingerprint density at radius 1 is 1.00 bits per heavy atom. The van der Waals surface area contributed by atoms with Crippen molar-refractivity contribution in [1.29, 1.82) is 0 Å². The molecule has 8 heteroatoms. The van der Waals surface area contributed by atoms with E-state index in [9.17, 15) is 15.2 Å². The predicted molar refractivity (Wildman–Crippen MR) is 110 cm³/mol. The van der Waals surface area contributed by atoms with Crippen molar-refractivity contribution >= 4 is 17.6 Å². The molecule has 0 radical (unpaired) electrons. The smallest absolute Gasteiger partial charge is 0.329 e. The Labute approximate surface area is 175 Å². The van der Waals surface area contributed by atoms with E-state index >= 15 is 0 Å². The molecule has 3 rings (SSSR count). The molecular formula is C21H25ClN2O5. The number of hydrogen-bond acceptors (Lipinski definition) is 4. The van der Waals surface area contributed by atoms with Crippen LogP contribution < -0.4 is 0 Å². The topological polar surface area (TPSA) is 92.7 Å². The summed E-state index contributed by atoms with van der Waals surface area (Å²) in [5, 5.41) is 36.0. The van der Waals surface area contributed by atoms with Gasteiger partial charge in [0, 0.05) is 16.1 Å². The van der Waals surface area contributed by atoms with Gasteiger partial charge in [0.05, 0.1) is 6.61 Å². The van der Waals surface area contributed by atoms with Crippen LogP contribution >= 0.6 is 11.6 Å². The summed E-state index contributed by atoms with van der Waals surface area (Å²) in [5.74, 6) is -1.06. The van der Waals surface area contributed by atoms with Gasteiger partial charge < -0.3 is 29.6 Å². The number of rotatable bonds is 8. The van der Waals surface area contributed by atoms with E-state index in [1.165, 1.54) is 0 Å². The summed E-state index contributed by atoms with van der Waals surface area (Å²) in [7, 11) is 0. The summed E-state index contributed by atoms with van der Waals surface area (Å²) >= 11 is 6.02. The van der Waals surface area contributed by atoms with Gasteiger partial charge in [-0.15, -0.1) is 0 Å². The van der Waals surface area contributed by atoms with E-state index in [0.29, 0.717) is 5.02 Å². The third kappa shape index (κ3) is 5.54. The van der Waals surface area contributed by atoms with Crippen LogP contribution in [0.2, 0.25) is 5.02 Å². The maximum absolute atomic E-state index is 13.9. The first-order chi connectivity index (χ1) is 13.8. The molecule has 0 spiro atoms. The number of quaternary nitrogens is 2. The highest BCUT2D eigenvalue weighted by Gasteiger charge is 2.39. The summed E-state index contributed by atoms with van der Waals surface area (Å²) < 4.78 is 3.95. The lowest BCUT2D eigenvalue weighted by molar-refractivity contribution is -1.00. The van der Waals surface area contributed by atoms with Crippen molar-refractivity contribution in [3.63, 3.8) is 0 Å². The molecule has 0 aliphatic carbocycles. The minimum Gasteiger partial charge on any atom is -0.632 e. The molecule has 1 fully saturated rings. The van der Waals surface area contributed by atoms with Crippen molar-refractivity contribution in [2.45, 2.75) is 6.04 Å². The van der Waals surface area contributed by atoms with E-state index in [4.69, 9.17) is 21.4 Å². The van der Waals surface area contributed by atoms with Crippen LogP contribution in [-0.4, -0.2) is 66.3 Å². The Bertz CT molecular complexity index is 808. The second-order valence-corrected chi connectivity index (χ2v) is 7.88. The number of hydrogen-bond donors (Lipinski definition) is 1. The number of carbonyl (C=O) groups is 1. The first-order valence-corrected chi connectivity index (χ1v) is 9.94. The summed E-state index contributed by atoms with van der Waals surface area (Å²) in [5.41, 5.74) is 1.77. The lowest BCUT2D eigenvalue weighted by Crippen LogP contribution is -2.64. The monoisotopic (exact) mass is 420 g/mol. The van der Waals surface area contributed by atoms with Gasteiger partial charge in [-0.1, -0.05) is 54.1 Å². The Hall–Kier alpha value is -2.00. The number of benzene rings is 2. The van der Waals surface area contributed by atoms with Crippen LogP contribution in [0, 0.1) is 10.4 Å². The molecule has 2 aromatic rings. The van der Waals surface area contributed by atoms with Crippen molar-refractivity contribution in [2.75, 3.05) is 45.9 Å². The largest absolute Gasteiger partial charge is 0.632 e. The van der Waals surface area contributed by atoms with Crippen molar-refractivity contribution in [2.24, 2.45) is 0 Å². The van der Waals surface area contributed by atoms with Crippen LogP contribution in [0.1, 0.15) is 17.2 Å². The first kappa shape index (κ1) is 21.7. The molecule has 1 aliphatic heterocycles. The zero-order valence-electron chi connectivity index (χ0n) is 16.1. The van der Waals surface area contributed by atoms with E-state index in [-0.39, 0.29) is 39.3 Å². The first-order valence-electron chi connectivity index (χ1n) is 9.56. The highest BCUT2D eigenvalue weighted by molar-refractivity contribution is 6.30. The Kier molecular flexibility index (Phi) is 6.89. The average molecular weight is 421 g/mol. The SMILES string of the molecule is O=C(O)COCC[N+]1([O-])CC[N+]([O-])([C@H](c2ccccc2)c2ccc(Cl)cc2)CC1. The van der Waals surface area contributed by atoms with Crippen molar-refractivity contribution in [3.05, 3.63) is 81.2 Å². The lowest BCUT2D eigenvalue weighted by Gasteiger charge is -2.57. The fourth-order valence-electron chi connectivity index (χ4n) is 3.82. The summed E-state index contributed by atoms with van der Waals surface area (Å²) in [4.78, 5) is 10.5. The van der Waals surface area contributed by atoms with Gasteiger partial charge in [0.2, 0.25) is 0 Å². The Morgan fingerprint density at radius 3 is 2.17 bits per heavy atom. The van der Waals surface area contributed by atoms with Crippen LogP contribution in [0.25, 0.3) is 0 Å². The van der Waals surface area contributed by atoms with Gasteiger partial charge in [0.25, 0.3) is 0 Å². The van der Waals surface area contributed by atoms with Gasteiger partial charge in [-0.25, -0.2) is 4.79 Å². The number of carboxylic acids is 1. The second-order valence-electron chi connectivity index (χ2n) is 7.44. The molecule has 0 saturated carbocycles. The van der Waals surface area contributed by atoms with Crippen molar-refractivity contribution in [1.82, 2.24) is 0 Å². The molecule has 0 bridgehead atoms. The maximum atomic E-state index is 13.9. The van der Waals surface area contributed by atoms with Crippen LogP contribution in [0.4, 0.5) is 0 Å². The zero-order valence-corrected chi connectivity index (χ0v) is 16.8. The summed E-state index contributed by atoms with van der Waals surface area (Å²) in [6, 6.07) is 16.4. The number of halogens is 1. The van der Waals surface area contributed by atoms with Gasteiger partial charge in [-0.05, 0) is 12.1 Å². The van der Waals surface area contributed by atoms with Gasteiger partial charge in [0.15, 0.2) is 0 Å².